The molecule has 4 aromatic rings. The molecule has 1 heterocycles. The van der Waals surface area contributed by atoms with Crippen molar-refractivity contribution in [2.45, 2.75) is 13.8 Å². The number of furan rings is 1. The van der Waals surface area contributed by atoms with Crippen LogP contribution in [0.1, 0.15) is 19.4 Å². The molecule has 0 spiro atoms. The second-order valence-electron chi connectivity index (χ2n) is 7.63. The second-order valence-corrected chi connectivity index (χ2v) is 8.51. The van der Waals surface area contributed by atoms with Crippen LogP contribution in [0.5, 0.6) is 11.5 Å². The van der Waals surface area contributed by atoms with E-state index in [0.29, 0.717) is 33.7 Å². The van der Waals surface area contributed by atoms with E-state index in [1.165, 1.54) is 6.08 Å². The third-order valence-electron chi connectivity index (χ3n) is 5.26. The van der Waals surface area contributed by atoms with Crippen LogP contribution >= 0.6 is 23.2 Å². The van der Waals surface area contributed by atoms with Gasteiger partial charge in [-0.3, -0.25) is 4.79 Å². The summed E-state index contributed by atoms with van der Waals surface area (Å²) in [6.07, 6.45) is 3.23. The summed E-state index contributed by atoms with van der Waals surface area (Å²) in [6.45, 7) is 4.24. The van der Waals surface area contributed by atoms with Crippen LogP contribution in [-0.2, 0) is 4.79 Å². The zero-order chi connectivity index (χ0) is 24.2. The molecule has 0 radical (unpaired) electrons. The predicted molar refractivity (Wildman–Crippen MR) is 138 cm³/mol. The van der Waals surface area contributed by atoms with Gasteiger partial charge in [-0.2, -0.15) is 0 Å². The van der Waals surface area contributed by atoms with E-state index in [-0.39, 0.29) is 5.91 Å². The van der Waals surface area contributed by atoms with Crippen LogP contribution in [0.15, 0.2) is 71.4 Å². The van der Waals surface area contributed by atoms with Gasteiger partial charge in [0, 0.05) is 44.4 Å². The maximum atomic E-state index is 12.7. The number of halogens is 2. The van der Waals surface area contributed by atoms with Crippen LogP contribution in [0.4, 0.5) is 5.69 Å². The molecule has 4 rings (SSSR count). The first-order valence-corrected chi connectivity index (χ1v) is 11.4. The normalized spacial score (nSPS) is 11.5. The third-order valence-corrected chi connectivity index (χ3v) is 5.70. The number of hydrogen-bond donors (Lipinski definition) is 1. The molecule has 0 saturated heterocycles. The zero-order valence-electron chi connectivity index (χ0n) is 18.9. The number of anilines is 1. The standard InChI is InChI=1S/C27H23Cl2NO4/c1-4-33-25-14-26-23(24(15-34-26)17-6-5-7-21(9-17)32-3)13-22(25)16(2)8-27(31)30-20-11-18(28)10-19(29)12-20/h5-15H,4H2,1-3H3,(H,30,31)/b16-8+. The fourth-order valence-electron chi connectivity index (χ4n) is 3.73. The monoisotopic (exact) mass is 495 g/mol. The summed E-state index contributed by atoms with van der Waals surface area (Å²) >= 11 is 12.1. The van der Waals surface area contributed by atoms with E-state index in [0.717, 1.165) is 33.4 Å². The third kappa shape index (κ3) is 5.22. The number of carbonyl (C=O) groups is 1. The minimum atomic E-state index is -0.307. The number of hydrogen-bond acceptors (Lipinski definition) is 4. The number of fused-ring (bicyclic) bond motifs is 1. The molecular weight excluding hydrogens is 473 g/mol. The SMILES string of the molecule is CCOc1cc2occ(-c3cccc(OC)c3)c2cc1/C(C)=C/C(=O)Nc1cc(Cl)cc(Cl)c1. The predicted octanol–water partition coefficient (Wildman–Crippen LogP) is 7.86. The molecule has 0 fully saturated rings. The molecule has 174 valence electrons. The first-order chi connectivity index (χ1) is 16.4. The highest BCUT2D eigenvalue weighted by Crippen LogP contribution is 2.38. The number of rotatable bonds is 7. The summed E-state index contributed by atoms with van der Waals surface area (Å²) in [4.78, 5) is 12.7. The summed E-state index contributed by atoms with van der Waals surface area (Å²) < 4.78 is 17.1. The first-order valence-electron chi connectivity index (χ1n) is 10.7. The van der Waals surface area contributed by atoms with Gasteiger partial charge < -0.3 is 19.2 Å². The van der Waals surface area contributed by atoms with Crippen molar-refractivity contribution >= 4 is 51.3 Å². The molecule has 0 atom stereocenters. The Bertz CT molecular complexity index is 1370. The van der Waals surface area contributed by atoms with Crippen LogP contribution in [0.2, 0.25) is 10.0 Å². The van der Waals surface area contributed by atoms with Gasteiger partial charge in [0.05, 0.1) is 20.0 Å². The van der Waals surface area contributed by atoms with Gasteiger partial charge in [-0.15, -0.1) is 0 Å². The van der Waals surface area contributed by atoms with Gasteiger partial charge in [-0.25, -0.2) is 0 Å². The number of ether oxygens (including phenoxy) is 2. The second kappa shape index (κ2) is 10.2. The molecule has 0 aliphatic carbocycles. The maximum Gasteiger partial charge on any atom is 0.248 e. The lowest BCUT2D eigenvalue weighted by Crippen LogP contribution is -2.08. The molecule has 5 nitrogen and oxygen atoms in total. The molecule has 1 aromatic heterocycles. The Hall–Kier alpha value is -3.41. The quantitative estimate of drug-likeness (QED) is 0.265. The number of nitrogens with one attached hydrogen (secondary N) is 1. The van der Waals surface area contributed by atoms with Crippen molar-refractivity contribution in [3.8, 4) is 22.6 Å². The molecule has 7 heteroatoms. The van der Waals surface area contributed by atoms with E-state index in [1.807, 2.05) is 50.2 Å². The topological polar surface area (TPSA) is 60.7 Å². The van der Waals surface area contributed by atoms with E-state index < -0.39 is 0 Å². The molecule has 0 bridgehead atoms. The summed E-state index contributed by atoms with van der Waals surface area (Å²) in [5.41, 5.74) is 4.61. The number of methoxy groups -OCH3 is 1. The van der Waals surface area contributed by atoms with Crippen LogP contribution in [0.3, 0.4) is 0 Å². The minimum Gasteiger partial charge on any atom is -0.497 e. The number of allylic oxidation sites excluding steroid dienone is 1. The molecule has 3 aromatic carbocycles. The molecule has 0 unspecified atom stereocenters. The van der Waals surface area contributed by atoms with Crippen molar-refractivity contribution < 1.29 is 18.7 Å². The molecule has 34 heavy (non-hydrogen) atoms. The largest absolute Gasteiger partial charge is 0.497 e. The van der Waals surface area contributed by atoms with Crippen LogP contribution < -0.4 is 14.8 Å². The number of carbonyl (C=O) groups excluding carboxylic acids is 1. The summed E-state index contributed by atoms with van der Waals surface area (Å²) in [5.74, 6) is 1.08. The van der Waals surface area contributed by atoms with Gasteiger partial charge in [-0.05, 0) is 61.4 Å². The summed E-state index contributed by atoms with van der Waals surface area (Å²) in [6, 6.07) is 16.5. The van der Waals surface area contributed by atoms with Crippen LogP contribution in [0, 0.1) is 0 Å². The Morgan fingerprint density at radius 3 is 2.56 bits per heavy atom. The first kappa shape index (κ1) is 23.7. The highest BCUT2D eigenvalue weighted by atomic mass is 35.5. The van der Waals surface area contributed by atoms with Crippen LogP contribution in [0.25, 0.3) is 27.7 Å². The Morgan fingerprint density at radius 1 is 1.09 bits per heavy atom. The Morgan fingerprint density at radius 2 is 1.85 bits per heavy atom. The molecule has 0 aliphatic rings. The van der Waals surface area contributed by atoms with Gasteiger partial charge >= 0.3 is 0 Å². The molecule has 1 N–H and O–H groups in total. The highest BCUT2D eigenvalue weighted by Gasteiger charge is 2.16. The fourth-order valence-corrected chi connectivity index (χ4v) is 4.26. The van der Waals surface area contributed by atoms with E-state index in [1.54, 1.807) is 31.6 Å². The van der Waals surface area contributed by atoms with Crippen LogP contribution in [-0.4, -0.2) is 19.6 Å². The Labute approximate surface area is 207 Å². The lowest BCUT2D eigenvalue weighted by Gasteiger charge is -2.12. The minimum absolute atomic E-state index is 0.307. The van der Waals surface area contributed by atoms with E-state index in [2.05, 4.69) is 5.32 Å². The van der Waals surface area contributed by atoms with E-state index in [4.69, 9.17) is 37.1 Å². The van der Waals surface area contributed by atoms with Crippen molar-refractivity contribution in [1.82, 2.24) is 0 Å². The molecule has 0 aliphatic heterocycles. The fraction of sp³-hybridized carbons (Fsp3) is 0.148. The average Bonchev–Trinajstić information content (AvgIpc) is 3.20. The smallest absolute Gasteiger partial charge is 0.248 e. The molecular formula is C27H23Cl2NO4. The van der Waals surface area contributed by atoms with Gasteiger partial charge in [0.15, 0.2) is 0 Å². The Kier molecular flexibility index (Phi) is 7.15. The van der Waals surface area contributed by atoms with Gasteiger partial charge in [-0.1, -0.05) is 35.3 Å². The highest BCUT2D eigenvalue weighted by molar-refractivity contribution is 6.35. The van der Waals surface area contributed by atoms with E-state index in [9.17, 15) is 4.79 Å². The Balaban J connectivity index is 1.73. The van der Waals surface area contributed by atoms with Crippen molar-refractivity contribution in [2.24, 2.45) is 0 Å². The van der Waals surface area contributed by atoms with Crippen molar-refractivity contribution in [1.29, 1.82) is 0 Å². The zero-order valence-corrected chi connectivity index (χ0v) is 20.5. The number of benzene rings is 3. The molecule has 0 saturated carbocycles. The van der Waals surface area contributed by atoms with Crippen molar-refractivity contribution in [3.05, 3.63) is 82.5 Å². The average molecular weight is 496 g/mol. The van der Waals surface area contributed by atoms with Gasteiger partial charge in [0.2, 0.25) is 5.91 Å². The van der Waals surface area contributed by atoms with Gasteiger partial charge in [0.25, 0.3) is 0 Å². The summed E-state index contributed by atoms with van der Waals surface area (Å²) in [5, 5.41) is 4.59. The van der Waals surface area contributed by atoms with Crippen molar-refractivity contribution in [3.63, 3.8) is 0 Å². The summed E-state index contributed by atoms with van der Waals surface area (Å²) in [7, 11) is 1.63. The number of amides is 1. The van der Waals surface area contributed by atoms with Gasteiger partial charge in [0.1, 0.15) is 17.1 Å². The van der Waals surface area contributed by atoms with Crippen molar-refractivity contribution in [2.75, 3.05) is 19.0 Å². The van der Waals surface area contributed by atoms with E-state index >= 15 is 0 Å². The lowest BCUT2D eigenvalue weighted by atomic mass is 9.99. The molecule has 1 amide bonds. The maximum absolute atomic E-state index is 12.7. The lowest BCUT2D eigenvalue weighted by molar-refractivity contribution is -0.111.